The summed E-state index contributed by atoms with van der Waals surface area (Å²) in [4.78, 5) is 27.0. The van der Waals surface area contributed by atoms with Crippen LogP contribution < -0.4 is 5.32 Å². The van der Waals surface area contributed by atoms with Crippen LogP contribution in [0.15, 0.2) is 24.3 Å². The van der Waals surface area contributed by atoms with Crippen LogP contribution in [0.3, 0.4) is 0 Å². The smallest absolute Gasteiger partial charge is 0.254 e. The Bertz CT molecular complexity index is 574. The Labute approximate surface area is 137 Å². The summed E-state index contributed by atoms with van der Waals surface area (Å²) in [5.74, 6) is -1.25. The van der Waals surface area contributed by atoms with Gasteiger partial charge in [0.05, 0.1) is 5.56 Å². The van der Waals surface area contributed by atoms with Crippen molar-refractivity contribution in [2.45, 2.75) is 52.1 Å². The van der Waals surface area contributed by atoms with Crippen molar-refractivity contribution < 1.29 is 14.0 Å². The maximum absolute atomic E-state index is 13.8. The molecular weight excluding hydrogens is 295 g/mol. The molecule has 1 aliphatic heterocycles. The predicted molar refractivity (Wildman–Crippen MR) is 87.5 cm³/mol. The number of rotatable bonds is 4. The van der Waals surface area contributed by atoms with Gasteiger partial charge in [0.15, 0.2) is 0 Å². The lowest BCUT2D eigenvalue weighted by Gasteiger charge is -2.37. The van der Waals surface area contributed by atoms with Crippen LogP contribution in [0.4, 0.5) is 4.39 Å². The lowest BCUT2D eigenvalue weighted by atomic mass is 9.97. The van der Waals surface area contributed by atoms with Crippen LogP contribution in [0.25, 0.3) is 0 Å². The van der Waals surface area contributed by atoms with Gasteiger partial charge in [0.2, 0.25) is 5.91 Å². The molecule has 1 fully saturated rings. The van der Waals surface area contributed by atoms with Crippen molar-refractivity contribution in [3.63, 3.8) is 0 Å². The fourth-order valence-corrected chi connectivity index (χ4v) is 2.98. The largest absolute Gasteiger partial charge is 0.340 e. The fourth-order valence-electron chi connectivity index (χ4n) is 2.98. The minimum absolute atomic E-state index is 0.0300. The molecule has 1 N–H and O–H groups in total. The highest BCUT2D eigenvalue weighted by atomic mass is 19.1. The minimum atomic E-state index is -0.636. The summed E-state index contributed by atoms with van der Waals surface area (Å²) in [5.41, 5.74) is -0.0300. The molecule has 0 radical (unpaired) electrons. The molecule has 2 amide bonds. The second-order valence-corrected chi connectivity index (χ2v) is 6.55. The van der Waals surface area contributed by atoms with Gasteiger partial charge >= 0.3 is 0 Å². The lowest BCUT2D eigenvalue weighted by molar-refractivity contribution is -0.137. The molecule has 23 heavy (non-hydrogen) atoms. The fraction of sp³-hybridized carbons (Fsp3) is 0.556. The van der Waals surface area contributed by atoms with Crippen LogP contribution in [0.5, 0.6) is 0 Å². The predicted octanol–water partition coefficient (Wildman–Crippen LogP) is 2.98. The Kier molecular flexibility index (Phi) is 5.74. The number of halogens is 1. The van der Waals surface area contributed by atoms with E-state index in [1.807, 2.05) is 25.7 Å². The number of hydrogen-bond acceptors (Lipinski definition) is 2. The van der Waals surface area contributed by atoms with Gasteiger partial charge in [0, 0.05) is 12.6 Å². The van der Waals surface area contributed by atoms with E-state index in [1.165, 1.54) is 18.2 Å². The summed E-state index contributed by atoms with van der Waals surface area (Å²) in [6.07, 6.45) is 3.10. The van der Waals surface area contributed by atoms with Gasteiger partial charge in [0.25, 0.3) is 5.91 Å². The van der Waals surface area contributed by atoms with Gasteiger partial charge in [-0.05, 0) is 44.2 Å². The number of benzene rings is 1. The minimum Gasteiger partial charge on any atom is -0.340 e. The summed E-state index contributed by atoms with van der Waals surface area (Å²) >= 11 is 0. The number of carbonyl (C=O) groups is 2. The van der Waals surface area contributed by atoms with Gasteiger partial charge in [-0.15, -0.1) is 0 Å². The van der Waals surface area contributed by atoms with Crippen molar-refractivity contribution >= 4 is 11.8 Å². The first-order valence-electron chi connectivity index (χ1n) is 8.27. The van der Waals surface area contributed by atoms with Crippen LogP contribution in [0.2, 0.25) is 0 Å². The number of amides is 2. The van der Waals surface area contributed by atoms with Crippen LogP contribution in [-0.2, 0) is 4.79 Å². The molecule has 0 aromatic heterocycles. The number of likely N-dealkylation sites (tertiary alicyclic amines) is 1. The zero-order chi connectivity index (χ0) is 17.0. The first kappa shape index (κ1) is 17.4. The number of piperidine rings is 1. The lowest BCUT2D eigenvalue weighted by Crippen LogP contribution is -2.54. The molecule has 2 atom stereocenters. The summed E-state index contributed by atoms with van der Waals surface area (Å²) in [6, 6.07) is 5.36. The molecule has 2 rings (SSSR count). The van der Waals surface area contributed by atoms with Crippen LogP contribution in [-0.4, -0.2) is 35.3 Å². The Hall–Kier alpha value is -1.91. The van der Waals surface area contributed by atoms with E-state index >= 15 is 0 Å². The number of hydrogen-bond donors (Lipinski definition) is 1. The SMILES string of the molecule is CC(C)C(NC(=O)c1ccccc1F)C(=O)N1CCCCC1C. The number of nitrogens with zero attached hydrogens (tertiary/aromatic N) is 1. The van der Waals surface area contributed by atoms with E-state index in [0.717, 1.165) is 25.8 Å². The van der Waals surface area contributed by atoms with Crippen LogP contribution >= 0.6 is 0 Å². The Morgan fingerprint density at radius 1 is 1.26 bits per heavy atom. The zero-order valence-electron chi connectivity index (χ0n) is 14.0. The van der Waals surface area contributed by atoms with Gasteiger partial charge in [0.1, 0.15) is 11.9 Å². The van der Waals surface area contributed by atoms with E-state index in [2.05, 4.69) is 5.32 Å². The van der Waals surface area contributed by atoms with E-state index in [-0.39, 0.29) is 23.4 Å². The number of nitrogens with one attached hydrogen (secondary N) is 1. The molecule has 0 spiro atoms. The third-order valence-electron chi connectivity index (χ3n) is 4.42. The molecule has 1 saturated heterocycles. The van der Waals surface area contributed by atoms with Gasteiger partial charge < -0.3 is 10.2 Å². The second-order valence-electron chi connectivity index (χ2n) is 6.55. The standard InChI is InChI=1S/C18H25FN2O2/c1-12(2)16(18(23)21-11-7-6-8-13(21)3)20-17(22)14-9-4-5-10-15(14)19/h4-5,9-10,12-13,16H,6-8,11H2,1-3H3,(H,20,22). The maximum atomic E-state index is 13.8. The van der Waals surface area contributed by atoms with E-state index in [4.69, 9.17) is 0 Å². The Balaban J connectivity index is 2.14. The maximum Gasteiger partial charge on any atom is 0.254 e. The highest BCUT2D eigenvalue weighted by Gasteiger charge is 2.32. The van der Waals surface area contributed by atoms with Gasteiger partial charge in [-0.25, -0.2) is 4.39 Å². The first-order valence-corrected chi connectivity index (χ1v) is 8.27. The quantitative estimate of drug-likeness (QED) is 0.927. The molecule has 126 valence electrons. The first-order chi connectivity index (χ1) is 10.9. The molecule has 1 aromatic rings. The molecule has 4 nitrogen and oxygen atoms in total. The van der Waals surface area contributed by atoms with Crippen molar-refractivity contribution in [1.82, 2.24) is 10.2 Å². The van der Waals surface area contributed by atoms with E-state index in [1.54, 1.807) is 6.07 Å². The average Bonchev–Trinajstić information content (AvgIpc) is 2.52. The monoisotopic (exact) mass is 320 g/mol. The highest BCUT2D eigenvalue weighted by molar-refractivity contribution is 5.97. The van der Waals surface area contributed by atoms with Gasteiger partial charge in [-0.3, -0.25) is 9.59 Å². The van der Waals surface area contributed by atoms with Crippen LogP contribution in [0, 0.1) is 11.7 Å². The third kappa shape index (κ3) is 4.09. The summed E-state index contributed by atoms with van der Waals surface area (Å²) in [5, 5.41) is 2.72. The summed E-state index contributed by atoms with van der Waals surface area (Å²) in [6.45, 7) is 6.53. The van der Waals surface area contributed by atoms with Crippen molar-refractivity contribution in [3.05, 3.63) is 35.6 Å². The summed E-state index contributed by atoms with van der Waals surface area (Å²) < 4.78 is 13.8. The highest BCUT2D eigenvalue weighted by Crippen LogP contribution is 2.19. The summed E-state index contributed by atoms with van der Waals surface area (Å²) in [7, 11) is 0. The van der Waals surface area contributed by atoms with E-state index in [9.17, 15) is 14.0 Å². The van der Waals surface area contributed by atoms with Gasteiger partial charge in [-0.2, -0.15) is 0 Å². The molecule has 0 bridgehead atoms. The normalized spacial score (nSPS) is 19.5. The molecule has 0 saturated carbocycles. The van der Waals surface area contributed by atoms with Gasteiger partial charge in [-0.1, -0.05) is 26.0 Å². The molecule has 1 aromatic carbocycles. The molecular formula is C18H25FN2O2. The Morgan fingerprint density at radius 3 is 2.57 bits per heavy atom. The van der Waals surface area contributed by atoms with E-state index < -0.39 is 17.8 Å². The third-order valence-corrected chi connectivity index (χ3v) is 4.42. The Morgan fingerprint density at radius 2 is 1.96 bits per heavy atom. The van der Waals surface area contributed by atoms with Crippen molar-refractivity contribution in [2.75, 3.05) is 6.54 Å². The molecule has 0 aliphatic carbocycles. The molecule has 1 aliphatic rings. The molecule has 2 unspecified atom stereocenters. The van der Waals surface area contributed by atoms with Crippen molar-refractivity contribution in [3.8, 4) is 0 Å². The molecule has 1 heterocycles. The van der Waals surface area contributed by atoms with Crippen molar-refractivity contribution in [1.29, 1.82) is 0 Å². The molecule has 5 heteroatoms. The number of carbonyl (C=O) groups excluding carboxylic acids is 2. The van der Waals surface area contributed by atoms with Crippen LogP contribution in [0.1, 0.15) is 50.4 Å². The topological polar surface area (TPSA) is 49.4 Å². The van der Waals surface area contributed by atoms with Crippen molar-refractivity contribution in [2.24, 2.45) is 5.92 Å². The average molecular weight is 320 g/mol. The zero-order valence-corrected chi connectivity index (χ0v) is 14.0. The second kappa shape index (κ2) is 7.57. The van der Waals surface area contributed by atoms with E-state index in [0.29, 0.717) is 0 Å².